The number of hydrogen-bond donors (Lipinski definition) is 0. The van der Waals surface area contributed by atoms with E-state index in [1.54, 1.807) is 11.7 Å². The van der Waals surface area contributed by atoms with Gasteiger partial charge in [-0.15, -0.1) is 5.10 Å². The van der Waals surface area contributed by atoms with Crippen LogP contribution < -0.4 is 4.74 Å². The number of aromatic nitrogens is 5. The van der Waals surface area contributed by atoms with Gasteiger partial charge in [-0.05, 0) is 6.92 Å². The van der Waals surface area contributed by atoms with Crippen molar-refractivity contribution < 1.29 is 4.74 Å². The molecule has 2 aromatic rings. The molecule has 0 unspecified atom stereocenters. The Bertz CT molecular complexity index is 449. The molecular weight excluding hydrogens is 170 g/mol. The number of ether oxygens (including phenoxy) is 1. The number of hydrogen-bond acceptors (Lipinski definition) is 5. The van der Waals surface area contributed by atoms with Crippen LogP contribution in [-0.4, -0.2) is 32.1 Å². The molecule has 0 radical (unpaired) electrons. The van der Waals surface area contributed by atoms with Gasteiger partial charge >= 0.3 is 6.01 Å². The fourth-order valence-electron chi connectivity index (χ4n) is 1.17. The summed E-state index contributed by atoms with van der Waals surface area (Å²) in [5, 5.41) is 11.9. The third kappa shape index (κ3) is 1.10. The van der Waals surface area contributed by atoms with E-state index in [0.29, 0.717) is 5.65 Å². The Morgan fingerprint density at radius 1 is 1.31 bits per heavy atom. The van der Waals surface area contributed by atoms with Crippen LogP contribution in [0.3, 0.4) is 0 Å². The summed E-state index contributed by atoms with van der Waals surface area (Å²) in [7, 11) is 3.31. The van der Waals surface area contributed by atoms with Crippen molar-refractivity contribution in [2.24, 2.45) is 7.05 Å². The minimum absolute atomic E-state index is 0.267. The quantitative estimate of drug-likeness (QED) is 0.620. The van der Waals surface area contributed by atoms with Gasteiger partial charge < -0.3 is 4.74 Å². The maximum atomic E-state index is 4.86. The van der Waals surface area contributed by atoms with Crippen LogP contribution in [0.25, 0.3) is 11.2 Å². The smallest absolute Gasteiger partial charge is 0.336 e. The summed E-state index contributed by atoms with van der Waals surface area (Å²) in [4.78, 5) is 4.13. The summed E-state index contributed by atoms with van der Waals surface area (Å²) in [6.07, 6.45) is 0. The van der Waals surface area contributed by atoms with Gasteiger partial charge in [-0.3, -0.25) is 0 Å². The lowest BCUT2D eigenvalue weighted by Crippen LogP contribution is -1.97. The lowest BCUT2D eigenvalue weighted by Gasteiger charge is -1.95. The van der Waals surface area contributed by atoms with Crippen LogP contribution in [0.5, 0.6) is 6.01 Å². The highest BCUT2D eigenvalue weighted by molar-refractivity contribution is 5.72. The van der Waals surface area contributed by atoms with Crippen LogP contribution in [0.15, 0.2) is 0 Å². The molecule has 0 saturated carbocycles. The van der Waals surface area contributed by atoms with E-state index in [1.165, 1.54) is 7.11 Å². The van der Waals surface area contributed by atoms with Crippen molar-refractivity contribution in [3.05, 3.63) is 5.69 Å². The molecule has 0 aromatic carbocycles. The van der Waals surface area contributed by atoms with Gasteiger partial charge in [-0.25, -0.2) is 4.68 Å². The average molecular weight is 179 g/mol. The molecule has 68 valence electrons. The molecule has 0 bridgehead atoms. The molecular formula is C7H9N5O. The molecule has 2 rings (SSSR count). The summed E-state index contributed by atoms with van der Waals surface area (Å²) >= 11 is 0. The molecule has 13 heavy (non-hydrogen) atoms. The first kappa shape index (κ1) is 7.90. The number of methoxy groups -OCH3 is 1. The first-order valence-electron chi connectivity index (χ1n) is 3.80. The van der Waals surface area contributed by atoms with Crippen molar-refractivity contribution in [2.75, 3.05) is 7.11 Å². The average Bonchev–Trinajstić information content (AvgIpc) is 2.42. The second-order valence-electron chi connectivity index (χ2n) is 2.68. The van der Waals surface area contributed by atoms with E-state index < -0.39 is 0 Å². The number of nitrogens with zero attached hydrogens (tertiary/aromatic N) is 5. The van der Waals surface area contributed by atoms with Gasteiger partial charge in [0.05, 0.1) is 12.8 Å². The fourth-order valence-corrected chi connectivity index (χ4v) is 1.17. The van der Waals surface area contributed by atoms with Gasteiger partial charge in [-0.1, -0.05) is 5.10 Å². The van der Waals surface area contributed by atoms with Gasteiger partial charge in [0.25, 0.3) is 0 Å². The minimum atomic E-state index is 0.267. The predicted octanol–water partition coefficient (Wildman–Crippen LogP) is 0.0753. The number of aryl methyl sites for hydroxylation is 2. The van der Waals surface area contributed by atoms with Crippen LogP contribution >= 0.6 is 0 Å². The van der Waals surface area contributed by atoms with Crippen molar-refractivity contribution in [1.82, 2.24) is 25.0 Å². The lowest BCUT2D eigenvalue weighted by molar-refractivity contribution is 0.376. The summed E-state index contributed by atoms with van der Waals surface area (Å²) < 4.78 is 6.51. The maximum absolute atomic E-state index is 4.86. The molecule has 2 heterocycles. The Morgan fingerprint density at radius 3 is 2.77 bits per heavy atom. The zero-order valence-corrected chi connectivity index (χ0v) is 7.64. The Balaban J connectivity index is 2.76. The third-order valence-corrected chi connectivity index (χ3v) is 1.78. The zero-order valence-electron chi connectivity index (χ0n) is 7.64. The number of fused-ring (bicyclic) bond motifs is 1. The van der Waals surface area contributed by atoms with Crippen molar-refractivity contribution in [3.8, 4) is 6.01 Å². The maximum Gasteiger partial charge on any atom is 0.336 e. The van der Waals surface area contributed by atoms with Crippen molar-refractivity contribution in [3.63, 3.8) is 0 Å². The molecule has 0 aliphatic carbocycles. The first-order chi connectivity index (χ1) is 6.22. The standard InChI is InChI=1S/C7H9N5O/c1-4-5-6(12(2)11-4)9-10-7(8-5)13-3/h1-3H3. The Morgan fingerprint density at radius 2 is 2.08 bits per heavy atom. The minimum Gasteiger partial charge on any atom is -0.466 e. The molecule has 2 aromatic heterocycles. The largest absolute Gasteiger partial charge is 0.466 e. The Kier molecular flexibility index (Phi) is 1.61. The molecule has 0 saturated heterocycles. The van der Waals surface area contributed by atoms with Gasteiger partial charge in [0.1, 0.15) is 5.52 Å². The molecule has 0 fully saturated rings. The van der Waals surface area contributed by atoms with Gasteiger partial charge in [0, 0.05) is 7.05 Å². The van der Waals surface area contributed by atoms with Gasteiger partial charge in [-0.2, -0.15) is 10.1 Å². The highest BCUT2D eigenvalue weighted by atomic mass is 16.5. The van der Waals surface area contributed by atoms with Crippen molar-refractivity contribution in [2.45, 2.75) is 6.92 Å². The van der Waals surface area contributed by atoms with Crippen LogP contribution in [0, 0.1) is 6.92 Å². The normalized spacial score (nSPS) is 10.7. The topological polar surface area (TPSA) is 65.7 Å². The third-order valence-electron chi connectivity index (χ3n) is 1.78. The van der Waals surface area contributed by atoms with E-state index in [2.05, 4.69) is 20.3 Å². The van der Waals surface area contributed by atoms with Gasteiger partial charge in [0.2, 0.25) is 0 Å². The second kappa shape index (κ2) is 2.65. The van der Waals surface area contributed by atoms with Crippen molar-refractivity contribution >= 4 is 11.2 Å². The highest BCUT2D eigenvalue weighted by Crippen LogP contribution is 2.13. The summed E-state index contributed by atoms with van der Waals surface area (Å²) in [5.41, 5.74) is 2.22. The van der Waals surface area contributed by atoms with E-state index in [9.17, 15) is 0 Å². The SMILES string of the molecule is COc1nnc2c(n1)c(C)nn2C. The highest BCUT2D eigenvalue weighted by Gasteiger charge is 2.09. The first-order valence-corrected chi connectivity index (χ1v) is 3.80. The Labute approximate surface area is 74.6 Å². The molecule has 0 N–H and O–H groups in total. The molecule has 0 spiro atoms. The van der Waals surface area contributed by atoms with Crippen LogP contribution in [0.1, 0.15) is 5.69 Å². The van der Waals surface area contributed by atoms with E-state index in [0.717, 1.165) is 11.2 Å². The van der Waals surface area contributed by atoms with Gasteiger partial charge in [0.15, 0.2) is 5.65 Å². The van der Waals surface area contributed by atoms with Crippen LogP contribution in [-0.2, 0) is 7.05 Å². The summed E-state index contributed by atoms with van der Waals surface area (Å²) in [5.74, 6) is 0. The second-order valence-corrected chi connectivity index (χ2v) is 2.68. The molecule has 0 aliphatic rings. The predicted molar refractivity (Wildman–Crippen MR) is 45.4 cm³/mol. The number of rotatable bonds is 1. The fraction of sp³-hybridized carbons (Fsp3) is 0.429. The molecule has 6 nitrogen and oxygen atoms in total. The summed E-state index contributed by atoms with van der Waals surface area (Å²) in [6, 6.07) is 0.267. The van der Waals surface area contributed by atoms with Crippen LogP contribution in [0.4, 0.5) is 0 Å². The monoisotopic (exact) mass is 179 g/mol. The summed E-state index contributed by atoms with van der Waals surface area (Å²) in [6.45, 7) is 1.87. The van der Waals surface area contributed by atoms with E-state index in [1.807, 2.05) is 6.92 Å². The van der Waals surface area contributed by atoms with E-state index in [4.69, 9.17) is 4.74 Å². The zero-order chi connectivity index (χ0) is 9.42. The lowest BCUT2D eigenvalue weighted by atomic mass is 10.4. The molecule has 0 atom stereocenters. The molecule has 0 aliphatic heterocycles. The van der Waals surface area contributed by atoms with Crippen molar-refractivity contribution in [1.29, 1.82) is 0 Å². The van der Waals surface area contributed by atoms with Crippen LogP contribution in [0.2, 0.25) is 0 Å². The van der Waals surface area contributed by atoms with E-state index in [-0.39, 0.29) is 6.01 Å². The van der Waals surface area contributed by atoms with E-state index >= 15 is 0 Å². The Hall–Kier alpha value is -1.72. The molecule has 0 amide bonds. The molecule has 6 heteroatoms.